The van der Waals surface area contributed by atoms with Crippen LogP contribution in [0, 0.1) is 5.92 Å². The van der Waals surface area contributed by atoms with E-state index < -0.39 is 12.0 Å². The Balaban J connectivity index is 2.63. The van der Waals surface area contributed by atoms with Crippen LogP contribution in [-0.2, 0) is 4.79 Å². The van der Waals surface area contributed by atoms with E-state index in [-0.39, 0.29) is 24.6 Å². The van der Waals surface area contributed by atoms with E-state index in [9.17, 15) is 9.59 Å². The van der Waals surface area contributed by atoms with Crippen LogP contribution in [0.15, 0.2) is 0 Å². The fourth-order valence-electron chi connectivity index (χ4n) is 2.64. The molecule has 2 atom stereocenters. The fourth-order valence-corrected chi connectivity index (χ4v) is 2.64. The summed E-state index contributed by atoms with van der Waals surface area (Å²) in [7, 11) is 0. The lowest BCUT2D eigenvalue weighted by Gasteiger charge is -2.36. The molecule has 0 radical (unpaired) electrons. The third-order valence-electron chi connectivity index (χ3n) is 3.65. The Hall–Kier alpha value is -1.30. The minimum absolute atomic E-state index is 0.0160. The molecule has 1 aliphatic rings. The Kier molecular flexibility index (Phi) is 6.78. The number of carbonyl (C=O) groups is 2. The number of urea groups is 1. The van der Waals surface area contributed by atoms with E-state index in [1.54, 1.807) is 4.90 Å². The summed E-state index contributed by atoms with van der Waals surface area (Å²) in [5, 5.41) is 20.8. The molecule has 1 rings (SSSR count). The highest BCUT2D eigenvalue weighted by Gasteiger charge is 2.29. The van der Waals surface area contributed by atoms with Gasteiger partial charge in [-0.3, -0.25) is 0 Å². The first-order valence-corrected chi connectivity index (χ1v) is 7.36. The van der Waals surface area contributed by atoms with Gasteiger partial charge in [0.1, 0.15) is 6.04 Å². The second-order valence-electron chi connectivity index (χ2n) is 5.83. The molecular weight excluding hydrogens is 260 g/mol. The molecule has 0 spiro atoms. The summed E-state index contributed by atoms with van der Waals surface area (Å²) in [6.07, 6.45) is 3.81. The first-order chi connectivity index (χ1) is 9.45. The van der Waals surface area contributed by atoms with Gasteiger partial charge in [-0.2, -0.15) is 0 Å². The Morgan fingerprint density at radius 1 is 1.35 bits per heavy atom. The quantitative estimate of drug-likeness (QED) is 0.689. The van der Waals surface area contributed by atoms with Crippen molar-refractivity contribution in [1.82, 2.24) is 10.2 Å². The molecule has 20 heavy (non-hydrogen) atoms. The lowest BCUT2D eigenvalue weighted by atomic mass is 10.00. The van der Waals surface area contributed by atoms with Crippen LogP contribution in [0.1, 0.15) is 46.0 Å². The molecule has 6 nitrogen and oxygen atoms in total. The van der Waals surface area contributed by atoms with Gasteiger partial charge in [0, 0.05) is 19.2 Å². The SMILES string of the molecule is CC(C)C[C@@H](NC(=O)N1CCCCC1CCO)C(=O)O. The van der Waals surface area contributed by atoms with E-state index in [4.69, 9.17) is 10.2 Å². The van der Waals surface area contributed by atoms with Crippen LogP contribution >= 0.6 is 0 Å². The van der Waals surface area contributed by atoms with Crippen molar-refractivity contribution in [3.63, 3.8) is 0 Å². The molecule has 0 aromatic heterocycles. The van der Waals surface area contributed by atoms with Crippen LogP contribution in [0.5, 0.6) is 0 Å². The van der Waals surface area contributed by atoms with Crippen LogP contribution in [0.3, 0.4) is 0 Å². The highest BCUT2D eigenvalue weighted by molar-refractivity contribution is 5.82. The molecule has 116 valence electrons. The molecular formula is C14H26N2O4. The van der Waals surface area contributed by atoms with Gasteiger partial charge in [-0.25, -0.2) is 9.59 Å². The van der Waals surface area contributed by atoms with Crippen LogP contribution in [0.4, 0.5) is 4.79 Å². The number of aliphatic hydroxyl groups is 1. The van der Waals surface area contributed by atoms with Gasteiger partial charge < -0.3 is 20.4 Å². The van der Waals surface area contributed by atoms with E-state index in [1.165, 1.54) is 0 Å². The molecule has 0 saturated carbocycles. The van der Waals surface area contributed by atoms with E-state index in [0.717, 1.165) is 19.3 Å². The Morgan fingerprint density at radius 2 is 2.05 bits per heavy atom. The average molecular weight is 286 g/mol. The molecule has 1 fully saturated rings. The third-order valence-corrected chi connectivity index (χ3v) is 3.65. The number of carbonyl (C=O) groups excluding carboxylic acids is 1. The van der Waals surface area contributed by atoms with Crippen LogP contribution in [0.2, 0.25) is 0 Å². The highest BCUT2D eigenvalue weighted by Crippen LogP contribution is 2.19. The number of hydrogen-bond donors (Lipinski definition) is 3. The third kappa shape index (κ3) is 5.00. The van der Waals surface area contributed by atoms with Crippen LogP contribution in [0.25, 0.3) is 0 Å². The number of aliphatic carboxylic acids is 1. The monoisotopic (exact) mass is 286 g/mol. The van der Waals surface area contributed by atoms with Crippen molar-refractivity contribution in [3.05, 3.63) is 0 Å². The summed E-state index contributed by atoms with van der Waals surface area (Å²) < 4.78 is 0. The van der Waals surface area contributed by atoms with E-state index >= 15 is 0 Å². The number of amides is 2. The second-order valence-corrected chi connectivity index (χ2v) is 5.83. The molecule has 3 N–H and O–H groups in total. The number of hydrogen-bond acceptors (Lipinski definition) is 3. The molecule has 0 aliphatic carbocycles. The summed E-state index contributed by atoms with van der Waals surface area (Å²) in [5.41, 5.74) is 0. The standard InChI is InChI=1S/C14H26N2O4/c1-10(2)9-12(13(18)19)15-14(20)16-7-4-3-5-11(16)6-8-17/h10-12,17H,3-9H2,1-2H3,(H,15,20)(H,18,19)/t11?,12-/m1/s1. The summed E-state index contributed by atoms with van der Waals surface area (Å²) >= 11 is 0. The second kappa shape index (κ2) is 8.09. The predicted octanol–water partition coefficient (Wildman–Crippen LogP) is 1.43. The molecule has 2 amide bonds. The van der Waals surface area contributed by atoms with E-state index in [2.05, 4.69) is 5.32 Å². The number of rotatable bonds is 6. The number of carboxylic acids is 1. The zero-order chi connectivity index (χ0) is 15.1. The molecule has 1 unspecified atom stereocenters. The van der Waals surface area contributed by atoms with Gasteiger partial charge in [0.2, 0.25) is 0 Å². The van der Waals surface area contributed by atoms with Gasteiger partial charge in [0.15, 0.2) is 0 Å². The minimum Gasteiger partial charge on any atom is -0.480 e. The Bertz CT molecular complexity index is 331. The lowest BCUT2D eigenvalue weighted by Crippen LogP contribution is -2.53. The molecule has 1 heterocycles. The molecule has 1 saturated heterocycles. The molecule has 1 aliphatic heterocycles. The lowest BCUT2D eigenvalue weighted by molar-refractivity contribution is -0.139. The summed E-state index contributed by atoms with van der Waals surface area (Å²) in [6, 6.07) is -1.15. The first kappa shape index (κ1) is 16.8. The number of nitrogens with zero attached hydrogens (tertiary/aromatic N) is 1. The van der Waals surface area contributed by atoms with Crippen molar-refractivity contribution >= 4 is 12.0 Å². The van der Waals surface area contributed by atoms with Crippen molar-refractivity contribution in [1.29, 1.82) is 0 Å². The van der Waals surface area contributed by atoms with Crippen molar-refractivity contribution in [3.8, 4) is 0 Å². The first-order valence-electron chi connectivity index (χ1n) is 7.36. The van der Waals surface area contributed by atoms with Crippen LogP contribution in [-0.4, -0.2) is 52.3 Å². The predicted molar refractivity (Wildman–Crippen MR) is 75.5 cm³/mol. The van der Waals surface area contributed by atoms with Crippen LogP contribution < -0.4 is 5.32 Å². The maximum atomic E-state index is 12.2. The highest BCUT2D eigenvalue weighted by atomic mass is 16.4. The van der Waals surface area contributed by atoms with Crippen molar-refractivity contribution in [2.45, 2.75) is 58.0 Å². The van der Waals surface area contributed by atoms with Gasteiger partial charge in [0.05, 0.1) is 0 Å². The fraction of sp³-hybridized carbons (Fsp3) is 0.857. The zero-order valence-corrected chi connectivity index (χ0v) is 12.3. The largest absolute Gasteiger partial charge is 0.480 e. The summed E-state index contributed by atoms with van der Waals surface area (Å²) in [6.45, 7) is 4.53. The number of likely N-dealkylation sites (tertiary alicyclic amines) is 1. The molecule has 6 heteroatoms. The van der Waals surface area contributed by atoms with Gasteiger partial charge >= 0.3 is 12.0 Å². The number of aliphatic hydroxyl groups excluding tert-OH is 1. The Labute approximate surface area is 120 Å². The molecule has 0 aromatic rings. The smallest absolute Gasteiger partial charge is 0.326 e. The van der Waals surface area contributed by atoms with Gasteiger partial charge in [-0.1, -0.05) is 13.8 Å². The number of carboxylic acid groups (broad SMARTS) is 1. The van der Waals surface area contributed by atoms with Gasteiger partial charge in [-0.15, -0.1) is 0 Å². The molecule has 0 bridgehead atoms. The van der Waals surface area contributed by atoms with Crippen molar-refractivity contribution in [2.75, 3.05) is 13.2 Å². The number of nitrogens with one attached hydrogen (secondary N) is 1. The van der Waals surface area contributed by atoms with Crippen molar-refractivity contribution in [2.24, 2.45) is 5.92 Å². The van der Waals surface area contributed by atoms with Gasteiger partial charge in [-0.05, 0) is 38.0 Å². The topological polar surface area (TPSA) is 89.9 Å². The Morgan fingerprint density at radius 3 is 2.60 bits per heavy atom. The summed E-state index contributed by atoms with van der Waals surface area (Å²) in [4.78, 5) is 25.1. The average Bonchev–Trinajstić information content (AvgIpc) is 2.38. The number of piperidine rings is 1. The van der Waals surface area contributed by atoms with E-state index in [0.29, 0.717) is 19.4 Å². The minimum atomic E-state index is -0.997. The normalized spacial score (nSPS) is 20.8. The van der Waals surface area contributed by atoms with Gasteiger partial charge in [0.25, 0.3) is 0 Å². The van der Waals surface area contributed by atoms with E-state index in [1.807, 2.05) is 13.8 Å². The molecule has 0 aromatic carbocycles. The maximum Gasteiger partial charge on any atom is 0.326 e. The zero-order valence-electron chi connectivity index (χ0n) is 12.3. The van der Waals surface area contributed by atoms with Crippen molar-refractivity contribution < 1.29 is 19.8 Å². The summed E-state index contributed by atoms with van der Waals surface area (Å²) in [5.74, 6) is -0.797. The maximum absolute atomic E-state index is 12.2.